The van der Waals surface area contributed by atoms with Crippen LogP contribution in [0.25, 0.3) is 0 Å². The van der Waals surface area contributed by atoms with Gasteiger partial charge in [-0.3, -0.25) is 4.79 Å². The maximum absolute atomic E-state index is 10.5. The molecule has 0 aliphatic rings. The van der Waals surface area contributed by atoms with E-state index < -0.39 is 0 Å². The number of carbonyl (C=O) groups excluding carboxylic acids is 1. The fourth-order valence-electron chi connectivity index (χ4n) is 0.366. The van der Waals surface area contributed by atoms with Gasteiger partial charge in [0.1, 0.15) is 0 Å². The monoisotopic (exact) mass is 116 g/mol. The standard InChI is InChI=1S/C5H12N2O/c1-6-5(8)4-7(2)3/h4H2,1-3H3,(H,6,8). The Balaban J connectivity index is 3.25. The van der Waals surface area contributed by atoms with E-state index in [4.69, 9.17) is 0 Å². The summed E-state index contributed by atoms with van der Waals surface area (Å²) in [6, 6.07) is 0. The largest absolute Gasteiger partial charge is 0.358 e. The van der Waals surface area contributed by atoms with Gasteiger partial charge in [0.25, 0.3) is 0 Å². The van der Waals surface area contributed by atoms with Crippen LogP contribution in [0, 0.1) is 0 Å². The third-order valence-corrected chi connectivity index (χ3v) is 0.739. The van der Waals surface area contributed by atoms with Gasteiger partial charge in [0.2, 0.25) is 5.91 Å². The molecule has 0 aromatic carbocycles. The lowest BCUT2D eigenvalue weighted by atomic mass is 10.5. The van der Waals surface area contributed by atoms with Crippen LogP contribution in [0.2, 0.25) is 0 Å². The summed E-state index contributed by atoms with van der Waals surface area (Å²) in [5, 5.41) is 2.52. The SMILES string of the molecule is CNC(=O)CN(C)C. The van der Waals surface area contributed by atoms with Crippen LogP contribution < -0.4 is 5.32 Å². The molecule has 0 aromatic heterocycles. The van der Waals surface area contributed by atoms with E-state index in [0.29, 0.717) is 6.54 Å². The molecule has 3 heteroatoms. The van der Waals surface area contributed by atoms with E-state index in [1.54, 1.807) is 7.05 Å². The third kappa shape index (κ3) is 3.61. The fourth-order valence-corrected chi connectivity index (χ4v) is 0.366. The molecule has 48 valence electrons. The van der Waals surface area contributed by atoms with E-state index in [2.05, 4.69) is 5.32 Å². The highest BCUT2D eigenvalue weighted by Crippen LogP contribution is 1.70. The summed E-state index contributed by atoms with van der Waals surface area (Å²) in [4.78, 5) is 12.3. The number of hydrogen-bond donors (Lipinski definition) is 1. The number of nitrogens with one attached hydrogen (secondary N) is 1. The van der Waals surface area contributed by atoms with Crippen LogP contribution in [0.1, 0.15) is 0 Å². The molecular formula is C5H12N2O. The summed E-state index contributed by atoms with van der Waals surface area (Å²) < 4.78 is 0. The number of amides is 1. The Morgan fingerprint density at radius 3 is 2.25 bits per heavy atom. The molecule has 3 nitrogen and oxygen atoms in total. The minimum atomic E-state index is 0.0509. The number of hydrogen-bond acceptors (Lipinski definition) is 2. The Bertz CT molecular complexity index is 80.5. The van der Waals surface area contributed by atoms with Crippen molar-refractivity contribution in [3.05, 3.63) is 0 Å². The zero-order valence-electron chi connectivity index (χ0n) is 5.56. The molecule has 0 atom stereocenters. The van der Waals surface area contributed by atoms with E-state index >= 15 is 0 Å². The lowest BCUT2D eigenvalue weighted by Crippen LogP contribution is -2.30. The first-order valence-corrected chi connectivity index (χ1v) is 2.52. The zero-order valence-corrected chi connectivity index (χ0v) is 5.56. The Labute approximate surface area is 49.7 Å². The fraction of sp³-hybridized carbons (Fsp3) is 0.800. The van der Waals surface area contributed by atoms with Gasteiger partial charge in [-0.2, -0.15) is 0 Å². The first kappa shape index (κ1) is 7.43. The van der Waals surface area contributed by atoms with E-state index in [-0.39, 0.29) is 5.91 Å². The molecule has 0 rings (SSSR count). The molecule has 0 aliphatic heterocycles. The van der Waals surface area contributed by atoms with Crippen molar-refractivity contribution in [2.75, 3.05) is 27.7 Å². The number of nitrogens with zero attached hydrogens (tertiary/aromatic N) is 1. The van der Waals surface area contributed by atoms with Crippen molar-refractivity contribution in [1.29, 1.82) is 0 Å². The highest BCUT2D eigenvalue weighted by molar-refractivity contribution is 5.77. The van der Waals surface area contributed by atoms with Gasteiger partial charge in [-0.1, -0.05) is 0 Å². The van der Waals surface area contributed by atoms with E-state index in [1.165, 1.54) is 0 Å². The van der Waals surface area contributed by atoms with Crippen LogP contribution in [0.15, 0.2) is 0 Å². The van der Waals surface area contributed by atoms with Gasteiger partial charge < -0.3 is 10.2 Å². The maximum Gasteiger partial charge on any atom is 0.233 e. The summed E-state index contributed by atoms with van der Waals surface area (Å²) in [6.45, 7) is 0.469. The van der Waals surface area contributed by atoms with Crippen molar-refractivity contribution in [2.45, 2.75) is 0 Å². The van der Waals surface area contributed by atoms with Gasteiger partial charge >= 0.3 is 0 Å². The van der Waals surface area contributed by atoms with Crippen molar-refractivity contribution in [3.63, 3.8) is 0 Å². The van der Waals surface area contributed by atoms with Crippen LogP contribution >= 0.6 is 0 Å². The van der Waals surface area contributed by atoms with Crippen molar-refractivity contribution in [2.24, 2.45) is 0 Å². The molecule has 0 spiro atoms. The van der Waals surface area contributed by atoms with Crippen LogP contribution in [0.5, 0.6) is 0 Å². The van der Waals surface area contributed by atoms with Crippen LogP contribution in [-0.2, 0) is 4.79 Å². The van der Waals surface area contributed by atoms with Crippen molar-refractivity contribution < 1.29 is 4.79 Å². The van der Waals surface area contributed by atoms with Gasteiger partial charge in [0.05, 0.1) is 6.54 Å². The molecule has 1 amide bonds. The molecule has 0 radical (unpaired) electrons. The summed E-state index contributed by atoms with van der Waals surface area (Å²) in [6.07, 6.45) is 0. The Morgan fingerprint density at radius 1 is 1.62 bits per heavy atom. The molecule has 8 heavy (non-hydrogen) atoms. The molecule has 0 heterocycles. The average molecular weight is 116 g/mol. The second-order valence-corrected chi connectivity index (χ2v) is 1.91. The minimum absolute atomic E-state index is 0.0509. The quantitative estimate of drug-likeness (QED) is 0.517. The molecule has 0 fully saturated rings. The van der Waals surface area contributed by atoms with E-state index in [0.717, 1.165) is 0 Å². The molecule has 0 unspecified atom stereocenters. The predicted molar refractivity (Wildman–Crippen MR) is 32.6 cm³/mol. The highest BCUT2D eigenvalue weighted by atomic mass is 16.1. The summed E-state index contributed by atoms with van der Waals surface area (Å²) in [7, 11) is 5.34. The molecule has 0 aromatic rings. The van der Waals surface area contributed by atoms with Crippen LogP contribution in [0.3, 0.4) is 0 Å². The van der Waals surface area contributed by atoms with Crippen molar-refractivity contribution in [3.8, 4) is 0 Å². The van der Waals surface area contributed by atoms with E-state index in [1.807, 2.05) is 19.0 Å². The van der Waals surface area contributed by atoms with Crippen LogP contribution in [0.4, 0.5) is 0 Å². The molecule has 0 aliphatic carbocycles. The lowest BCUT2D eigenvalue weighted by molar-refractivity contribution is -0.121. The molecule has 0 bridgehead atoms. The second kappa shape index (κ2) is 3.43. The lowest BCUT2D eigenvalue weighted by Gasteiger charge is -2.05. The van der Waals surface area contributed by atoms with Gasteiger partial charge in [0, 0.05) is 7.05 Å². The van der Waals surface area contributed by atoms with Gasteiger partial charge in [-0.25, -0.2) is 0 Å². The summed E-state index contributed by atoms with van der Waals surface area (Å²) in [5.74, 6) is 0.0509. The summed E-state index contributed by atoms with van der Waals surface area (Å²) >= 11 is 0. The zero-order chi connectivity index (χ0) is 6.57. The van der Waals surface area contributed by atoms with Gasteiger partial charge in [0.15, 0.2) is 0 Å². The maximum atomic E-state index is 10.5. The van der Waals surface area contributed by atoms with Gasteiger partial charge in [-0.05, 0) is 14.1 Å². The van der Waals surface area contributed by atoms with Crippen molar-refractivity contribution >= 4 is 5.91 Å². The molecule has 0 saturated heterocycles. The Morgan fingerprint density at radius 2 is 2.12 bits per heavy atom. The normalized spacial score (nSPS) is 9.50. The first-order valence-electron chi connectivity index (χ1n) is 2.52. The van der Waals surface area contributed by atoms with E-state index in [9.17, 15) is 4.79 Å². The van der Waals surface area contributed by atoms with Gasteiger partial charge in [-0.15, -0.1) is 0 Å². The minimum Gasteiger partial charge on any atom is -0.358 e. The van der Waals surface area contributed by atoms with Crippen LogP contribution in [-0.4, -0.2) is 38.5 Å². The second-order valence-electron chi connectivity index (χ2n) is 1.91. The topological polar surface area (TPSA) is 32.3 Å². The highest BCUT2D eigenvalue weighted by Gasteiger charge is 1.96. The number of carbonyl (C=O) groups is 1. The average Bonchev–Trinajstić information content (AvgIpc) is 1.65. The molecular weight excluding hydrogens is 104 g/mol. The predicted octanol–water partition coefficient (Wildman–Crippen LogP) is -0.706. The first-order chi connectivity index (χ1) is 3.66. The molecule has 0 saturated carbocycles. The smallest absolute Gasteiger partial charge is 0.233 e. The van der Waals surface area contributed by atoms with Crippen molar-refractivity contribution in [1.82, 2.24) is 10.2 Å². The number of rotatable bonds is 2. The third-order valence-electron chi connectivity index (χ3n) is 0.739. The number of likely N-dealkylation sites (N-methyl/N-ethyl adjacent to an activating group) is 2. The summed E-state index contributed by atoms with van der Waals surface area (Å²) in [5.41, 5.74) is 0. The Hall–Kier alpha value is -0.570. The molecule has 1 N–H and O–H groups in total. The Kier molecular flexibility index (Phi) is 3.19.